The van der Waals surface area contributed by atoms with Crippen LogP contribution in [-0.2, 0) is 20.8 Å². The highest BCUT2D eigenvalue weighted by atomic mass is 16.6. The SMILES string of the molecule is CC(=O)c1ccc(NC(=O)O[C@@H]2CO[C@H]3[C@@H]2OC[C@@H]3NCc2ccc(-c3ccccc3)cc2)cc1. The Morgan fingerprint density at radius 2 is 1.54 bits per heavy atom. The second-order valence-electron chi connectivity index (χ2n) is 8.85. The van der Waals surface area contributed by atoms with E-state index in [2.05, 4.69) is 47.0 Å². The molecule has 180 valence electrons. The maximum Gasteiger partial charge on any atom is 0.412 e. The molecule has 0 radical (unpaired) electrons. The lowest BCUT2D eigenvalue weighted by atomic mass is 10.0. The number of ketones is 1. The van der Waals surface area contributed by atoms with Crippen LogP contribution >= 0.6 is 0 Å². The molecule has 1 amide bonds. The fourth-order valence-corrected chi connectivity index (χ4v) is 4.51. The minimum Gasteiger partial charge on any atom is -0.441 e. The molecule has 0 spiro atoms. The van der Waals surface area contributed by atoms with Gasteiger partial charge in [0.15, 0.2) is 11.9 Å². The minimum atomic E-state index is -0.576. The first kappa shape index (κ1) is 23.2. The third-order valence-electron chi connectivity index (χ3n) is 6.43. The Morgan fingerprint density at radius 3 is 2.26 bits per heavy atom. The van der Waals surface area contributed by atoms with Crippen LogP contribution < -0.4 is 10.6 Å². The highest BCUT2D eigenvalue weighted by molar-refractivity contribution is 5.95. The summed E-state index contributed by atoms with van der Waals surface area (Å²) in [5, 5.41) is 6.21. The quantitative estimate of drug-likeness (QED) is 0.495. The fourth-order valence-electron chi connectivity index (χ4n) is 4.51. The molecule has 7 heteroatoms. The fraction of sp³-hybridized carbons (Fsp3) is 0.286. The van der Waals surface area contributed by atoms with Crippen molar-refractivity contribution in [1.82, 2.24) is 5.32 Å². The molecule has 7 nitrogen and oxygen atoms in total. The van der Waals surface area contributed by atoms with Gasteiger partial charge in [0, 0.05) is 17.8 Å². The zero-order valence-electron chi connectivity index (χ0n) is 19.5. The number of amides is 1. The average Bonchev–Trinajstić information content (AvgIpc) is 3.47. The molecule has 2 heterocycles. The van der Waals surface area contributed by atoms with Crippen LogP contribution in [0.4, 0.5) is 10.5 Å². The van der Waals surface area contributed by atoms with Crippen LogP contribution in [0.3, 0.4) is 0 Å². The number of Topliss-reactive ketones (excluding diaryl/α,β-unsaturated/α-hetero) is 1. The van der Waals surface area contributed by atoms with Gasteiger partial charge in [-0.2, -0.15) is 0 Å². The monoisotopic (exact) mass is 472 g/mol. The number of carbonyl (C=O) groups excluding carboxylic acids is 2. The molecule has 0 saturated carbocycles. The Bertz CT molecular complexity index is 1160. The van der Waals surface area contributed by atoms with Crippen molar-refractivity contribution in [2.45, 2.75) is 37.8 Å². The molecule has 0 aliphatic carbocycles. The van der Waals surface area contributed by atoms with Crippen LogP contribution in [0.5, 0.6) is 0 Å². The number of ether oxygens (including phenoxy) is 3. The van der Waals surface area contributed by atoms with E-state index in [1.165, 1.54) is 23.6 Å². The van der Waals surface area contributed by atoms with E-state index in [9.17, 15) is 9.59 Å². The predicted molar refractivity (Wildman–Crippen MR) is 132 cm³/mol. The van der Waals surface area contributed by atoms with E-state index in [0.717, 1.165) is 0 Å². The van der Waals surface area contributed by atoms with Crippen LogP contribution in [0.1, 0.15) is 22.8 Å². The molecule has 2 aliphatic rings. The topological polar surface area (TPSA) is 85.9 Å². The maximum absolute atomic E-state index is 12.4. The normalized spacial score (nSPS) is 23.0. The number of hydrogen-bond donors (Lipinski definition) is 2. The number of rotatable bonds is 7. The zero-order chi connectivity index (χ0) is 24.2. The Balaban J connectivity index is 1.11. The number of carbonyl (C=O) groups is 2. The lowest BCUT2D eigenvalue weighted by Crippen LogP contribution is -2.41. The zero-order valence-corrected chi connectivity index (χ0v) is 19.5. The summed E-state index contributed by atoms with van der Waals surface area (Å²) in [6.07, 6.45) is -1.54. The largest absolute Gasteiger partial charge is 0.441 e. The minimum absolute atomic E-state index is 0.0181. The maximum atomic E-state index is 12.4. The average molecular weight is 473 g/mol. The molecule has 4 atom stereocenters. The van der Waals surface area contributed by atoms with Crippen molar-refractivity contribution in [3.63, 3.8) is 0 Å². The summed E-state index contributed by atoms with van der Waals surface area (Å²) in [4.78, 5) is 23.8. The van der Waals surface area contributed by atoms with Gasteiger partial charge in [-0.3, -0.25) is 10.1 Å². The van der Waals surface area contributed by atoms with Crippen molar-refractivity contribution < 1.29 is 23.8 Å². The Hall–Kier alpha value is -3.52. The molecule has 0 bridgehead atoms. The van der Waals surface area contributed by atoms with Crippen molar-refractivity contribution in [2.75, 3.05) is 18.5 Å². The number of benzene rings is 3. The molecular weight excluding hydrogens is 444 g/mol. The molecule has 5 rings (SSSR count). The summed E-state index contributed by atoms with van der Waals surface area (Å²) < 4.78 is 17.4. The van der Waals surface area contributed by atoms with E-state index in [1.807, 2.05) is 18.2 Å². The van der Waals surface area contributed by atoms with Gasteiger partial charge in [-0.25, -0.2) is 4.79 Å². The highest BCUT2D eigenvalue weighted by Crippen LogP contribution is 2.29. The van der Waals surface area contributed by atoms with E-state index in [1.54, 1.807) is 24.3 Å². The van der Waals surface area contributed by atoms with Crippen LogP contribution in [-0.4, -0.2) is 49.4 Å². The van der Waals surface area contributed by atoms with Crippen LogP contribution in [0.2, 0.25) is 0 Å². The van der Waals surface area contributed by atoms with Gasteiger partial charge in [0.1, 0.15) is 12.2 Å². The number of fused-ring (bicyclic) bond motifs is 1. The molecule has 2 fully saturated rings. The Labute approximate surface area is 204 Å². The summed E-state index contributed by atoms with van der Waals surface area (Å²) >= 11 is 0. The van der Waals surface area contributed by atoms with E-state index < -0.39 is 12.2 Å². The van der Waals surface area contributed by atoms with E-state index in [4.69, 9.17) is 14.2 Å². The molecule has 0 unspecified atom stereocenters. The first-order valence-corrected chi connectivity index (χ1v) is 11.8. The Morgan fingerprint density at radius 1 is 0.857 bits per heavy atom. The van der Waals surface area contributed by atoms with Gasteiger partial charge in [0.05, 0.1) is 19.3 Å². The molecular formula is C28H28N2O5. The first-order valence-electron chi connectivity index (χ1n) is 11.8. The molecule has 2 N–H and O–H groups in total. The second-order valence-corrected chi connectivity index (χ2v) is 8.85. The lowest BCUT2D eigenvalue weighted by molar-refractivity contribution is 0.00854. The summed E-state index contributed by atoms with van der Waals surface area (Å²) in [5.41, 5.74) is 4.70. The summed E-state index contributed by atoms with van der Waals surface area (Å²) in [6.45, 7) is 2.97. The van der Waals surface area contributed by atoms with Gasteiger partial charge >= 0.3 is 6.09 Å². The predicted octanol–water partition coefficient (Wildman–Crippen LogP) is 4.43. The van der Waals surface area contributed by atoms with Crippen LogP contribution in [0.15, 0.2) is 78.9 Å². The number of nitrogens with one attached hydrogen (secondary N) is 2. The first-order chi connectivity index (χ1) is 17.1. The van der Waals surface area contributed by atoms with Gasteiger partial charge in [-0.15, -0.1) is 0 Å². The van der Waals surface area contributed by atoms with Crippen LogP contribution in [0.25, 0.3) is 11.1 Å². The van der Waals surface area contributed by atoms with Crippen molar-refractivity contribution >= 4 is 17.6 Å². The molecule has 0 aromatic heterocycles. The van der Waals surface area contributed by atoms with E-state index >= 15 is 0 Å². The summed E-state index contributed by atoms with van der Waals surface area (Å²) in [5.74, 6) is -0.0287. The molecule has 3 aromatic rings. The third-order valence-corrected chi connectivity index (χ3v) is 6.43. The van der Waals surface area contributed by atoms with E-state index in [-0.39, 0.29) is 30.6 Å². The van der Waals surface area contributed by atoms with Crippen molar-refractivity contribution in [3.05, 3.63) is 90.0 Å². The second kappa shape index (κ2) is 10.4. The summed E-state index contributed by atoms with van der Waals surface area (Å²) in [6, 6.07) is 25.5. The molecule has 2 saturated heterocycles. The van der Waals surface area contributed by atoms with Gasteiger partial charge in [0.25, 0.3) is 0 Å². The molecule has 2 aliphatic heterocycles. The van der Waals surface area contributed by atoms with Gasteiger partial charge < -0.3 is 19.5 Å². The number of anilines is 1. The molecule has 3 aromatic carbocycles. The smallest absolute Gasteiger partial charge is 0.412 e. The third kappa shape index (κ3) is 5.43. The number of hydrogen-bond acceptors (Lipinski definition) is 6. The summed E-state index contributed by atoms with van der Waals surface area (Å²) in [7, 11) is 0. The lowest BCUT2D eigenvalue weighted by Gasteiger charge is -2.18. The molecule has 35 heavy (non-hydrogen) atoms. The standard InChI is InChI=1S/C28H28N2O5/c1-18(31)20-11-13-23(14-12-20)30-28(32)35-25-17-34-26-24(16-33-27(25)26)29-15-19-7-9-22(10-8-19)21-5-3-2-4-6-21/h2-14,24-27,29H,15-17H2,1H3,(H,30,32)/t24-,25+,26+,27+/m0/s1. The van der Waals surface area contributed by atoms with E-state index in [0.29, 0.717) is 24.4 Å². The Kier molecular flexibility index (Phi) is 6.90. The van der Waals surface area contributed by atoms with Gasteiger partial charge in [-0.1, -0.05) is 54.6 Å². The van der Waals surface area contributed by atoms with Crippen molar-refractivity contribution in [2.24, 2.45) is 0 Å². The van der Waals surface area contributed by atoms with Gasteiger partial charge in [-0.05, 0) is 47.9 Å². The van der Waals surface area contributed by atoms with Crippen LogP contribution in [0, 0.1) is 0 Å². The highest BCUT2D eigenvalue weighted by Gasteiger charge is 2.49. The van der Waals surface area contributed by atoms with Crippen molar-refractivity contribution in [3.8, 4) is 11.1 Å². The van der Waals surface area contributed by atoms with Gasteiger partial charge in [0.2, 0.25) is 0 Å². The van der Waals surface area contributed by atoms with Crippen molar-refractivity contribution in [1.29, 1.82) is 0 Å².